The minimum atomic E-state index is -5.77. The van der Waals surface area contributed by atoms with Crippen LogP contribution in [0, 0.1) is 0 Å². The third kappa shape index (κ3) is 7.47. The Kier molecular flexibility index (Phi) is 8.19. The van der Waals surface area contributed by atoms with E-state index in [4.69, 9.17) is 30.5 Å². The molecule has 0 aromatic carbocycles. The van der Waals surface area contributed by atoms with Crippen molar-refractivity contribution >= 4 is 40.4 Å². The average Bonchev–Trinajstić information content (AvgIpc) is 3.28. The number of fused-ring (bicyclic) bond motifs is 1. The lowest BCUT2D eigenvalue weighted by atomic mass is 10.2. The second-order valence-corrected chi connectivity index (χ2v) is 11.5. The Bertz CT molecular complexity index is 1310. The van der Waals surface area contributed by atoms with Crippen LogP contribution in [-0.2, 0) is 36.3 Å². The van der Waals surface area contributed by atoms with E-state index in [1.165, 1.54) is 10.9 Å². The van der Waals surface area contributed by atoms with Crippen LogP contribution < -0.4 is 5.73 Å². The van der Waals surface area contributed by atoms with Crippen molar-refractivity contribution in [1.82, 2.24) is 19.5 Å². The van der Waals surface area contributed by atoms with Gasteiger partial charge in [0.15, 0.2) is 11.5 Å². The van der Waals surface area contributed by atoms with Crippen LogP contribution in [0.5, 0.6) is 0 Å². The smallest absolute Gasteiger partial charge is 0.382 e. The highest BCUT2D eigenvalue weighted by Gasteiger charge is 2.45. The summed E-state index contributed by atoms with van der Waals surface area (Å²) in [6.45, 7) is -0.180. The number of nitrogens with zero attached hydrogens (tertiary/aromatic N) is 7. The van der Waals surface area contributed by atoms with Gasteiger partial charge in [0.2, 0.25) is 0 Å². The summed E-state index contributed by atoms with van der Waals surface area (Å²) in [5.74, 6) is -2.84. The number of alkyl halides is 1. The summed E-state index contributed by atoms with van der Waals surface area (Å²) in [5.41, 5.74) is 14.7. The molecular formula is C12H18FN8O12P3. The Morgan fingerprint density at radius 1 is 1.28 bits per heavy atom. The highest BCUT2D eigenvalue weighted by molar-refractivity contribution is 7.66. The number of phosphoric ester groups is 1. The van der Waals surface area contributed by atoms with Gasteiger partial charge in [-0.3, -0.25) is 9.09 Å². The molecule has 2 aromatic rings. The van der Waals surface area contributed by atoms with E-state index in [0.717, 1.165) is 13.3 Å². The molecule has 0 aliphatic carbocycles. The fourth-order valence-electron chi connectivity index (χ4n) is 3.08. The molecule has 0 spiro atoms. The number of ether oxygens (including phenoxy) is 2. The Hall–Kier alpha value is -2.08. The SMILES string of the molecule is C[C@@](F)(N=[N+]=[N-])OC1C[C@H](n2cnc3c(N)ncnc32)O[C@@H]1COP(=O)(O)OP(=O)(O)OP(=O)(O)O. The van der Waals surface area contributed by atoms with Gasteiger partial charge in [-0.05, 0) is 10.6 Å². The first-order chi connectivity index (χ1) is 16.5. The number of nitrogens with two attached hydrogens (primary N) is 1. The van der Waals surface area contributed by atoms with Crippen LogP contribution in [0.1, 0.15) is 19.6 Å². The van der Waals surface area contributed by atoms with E-state index in [1.807, 2.05) is 0 Å². The van der Waals surface area contributed by atoms with E-state index < -0.39 is 54.5 Å². The predicted octanol–water partition coefficient (Wildman–Crippen LogP) is 1.38. The largest absolute Gasteiger partial charge is 0.490 e. The molecule has 24 heteroatoms. The van der Waals surface area contributed by atoms with E-state index >= 15 is 0 Å². The lowest BCUT2D eigenvalue weighted by molar-refractivity contribution is -0.178. The average molecular weight is 578 g/mol. The van der Waals surface area contributed by atoms with Gasteiger partial charge < -0.3 is 34.8 Å². The third-order valence-corrected chi connectivity index (χ3v) is 8.09. The number of aromatic nitrogens is 4. The second-order valence-electron chi connectivity index (χ2n) is 7.05. The first kappa shape index (κ1) is 28.5. The summed E-state index contributed by atoms with van der Waals surface area (Å²) in [4.78, 5) is 50.3. The molecule has 20 nitrogen and oxygen atoms in total. The lowest BCUT2D eigenvalue weighted by Crippen LogP contribution is -2.35. The zero-order valence-electron chi connectivity index (χ0n) is 17.8. The van der Waals surface area contributed by atoms with Gasteiger partial charge in [0, 0.05) is 18.3 Å². The normalized spacial score (nSPS) is 25.6. The maximum Gasteiger partial charge on any atom is 0.490 e. The van der Waals surface area contributed by atoms with E-state index in [1.54, 1.807) is 0 Å². The number of nitrogen functional groups attached to an aromatic ring is 1. The van der Waals surface area contributed by atoms with Crippen LogP contribution in [0.25, 0.3) is 21.6 Å². The number of hydrogen-bond donors (Lipinski definition) is 5. The highest BCUT2D eigenvalue weighted by Crippen LogP contribution is 2.66. The van der Waals surface area contributed by atoms with Crippen LogP contribution in [0.3, 0.4) is 0 Å². The molecule has 36 heavy (non-hydrogen) atoms. The van der Waals surface area contributed by atoms with Crippen molar-refractivity contribution in [3.8, 4) is 0 Å². The molecule has 3 rings (SSSR count). The third-order valence-electron chi connectivity index (χ3n) is 4.29. The molecule has 3 heterocycles. The van der Waals surface area contributed by atoms with Crippen LogP contribution in [-0.4, -0.2) is 63.9 Å². The summed E-state index contributed by atoms with van der Waals surface area (Å²) >= 11 is 0. The van der Waals surface area contributed by atoms with Crippen molar-refractivity contribution in [2.45, 2.75) is 37.8 Å². The highest BCUT2D eigenvalue weighted by atomic mass is 31.3. The van der Waals surface area contributed by atoms with Gasteiger partial charge >= 0.3 is 23.5 Å². The van der Waals surface area contributed by atoms with Crippen LogP contribution in [0.15, 0.2) is 17.8 Å². The van der Waals surface area contributed by atoms with Crippen LogP contribution in [0.2, 0.25) is 0 Å². The van der Waals surface area contributed by atoms with Crippen LogP contribution >= 0.6 is 23.5 Å². The zero-order chi connectivity index (χ0) is 26.9. The maximum atomic E-state index is 14.5. The minimum absolute atomic E-state index is 0.0495. The summed E-state index contributed by atoms with van der Waals surface area (Å²) in [6.07, 6.45) is -1.50. The number of imidazole rings is 1. The quantitative estimate of drug-likeness (QED) is 0.0826. The maximum absolute atomic E-state index is 14.5. The minimum Gasteiger partial charge on any atom is -0.382 e. The molecule has 0 bridgehead atoms. The molecule has 200 valence electrons. The van der Waals surface area contributed by atoms with E-state index in [0.29, 0.717) is 0 Å². The van der Waals surface area contributed by atoms with E-state index in [-0.39, 0.29) is 23.4 Å². The lowest BCUT2D eigenvalue weighted by Gasteiger charge is -2.24. The molecule has 0 amide bonds. The van der Waals surface area contributed by atoms with Gasteiger partial charge in [0.05, 0.1) is 19.0 Å². The first-order valence-corrected chi connectivity index (χ1v) is 13.8. The standard InChI is InChI=1S/C12H18FN8O12P3/c1-12(13,19-20-15)31-6-2-8(21-5-18-9-10(14)16-4-17-11(9)21)30-7(6)3-29-35(25,26)33-36(27,28)32-34(22,23)24/h4-8H,2-3H2,1H3,(H,25,26)(H,27,28)(H2,14,16,17)(H2,22,23,24)/t6?,7-,8-,12-/m1/s1. The molecular weight excluding hydrogens is 560 g/mol. The van der Waals surface area contributed by atoms with Crippen molar-refractivity contribution in [2.24, 2.45) is 5.11 Å². The number of hydrogen-bond acceptors (Lipinski definition) is 13. The topological polar surface area (TPSA) is 297 Å². The second kappa shape index (κ2) is 10.4. The molecule has 1 fully saturated rings. The molecule has 2 aromatic heterocycles. The Balaban J connectivity index is 1.80. The van der Waals surface area contributed by atoms with Crippen molar-refractivity contribution in [2.75, 3.05) is 12.3 Å². The van der Waals surface area contributed by atoms with E-state index in [2.05, 4.69) is 38.1 Å². The molecule has 0 radical (unpaired) electrons. The molecule has 1 aliphatic heterocycles. The molecule has 1 aliphatic rings. The number of azide groups is 1. The first-order valence-electron chi connectivity index (χ1n) is 9.31. The number of anilines is 1. The number of phosphoric acid groups is 3. The number of halogens is 1. The Labute approximate surface area is 199 Å². The summed E-state index contributed by atoms with van der Waals surface area (Å²) in [5, 5.41) is 2.84. The molecule has 6 N–H and O–H groups in total. The van der Waals surface area contributed by atoms with Crippen molar-refractivity contribution < 1.29 is 60.3 Å². The molecule has 0 saturated carbocycles. The fraction of sp³-hybridized carbons (Fsp3) is 0.583. The fourth-order valence-corrected chi connectivity index (χ4v) is 6.11. The Morgan fingerprint density at radius 2 is 1.97 bits per heavy atom. The van der Waals surface area contributed by atoms with Gasteiger partial charge in [-0.25, -0.2) is 33.0 Å². The summed E-state index contributed by atoms with van der Waals surface area (Å²) < 4.78 is 72.7. The monoisotopic (exact) mass is 578 g/mol. The van der Waals surface area contributed by atoms with Crippen molar-refractivity contribution in [3.63, 3.8) is 0 Å². The van der Waals surface area contributed by atoms with Gasteiger partial charge in [0.1, 0.15) is 24.2 Å². The molecule has 1 saturated heterocycles. The molecule has 6 atom stereocenters. The predicted molar refractivity (Wildman–Crippen MR) is 112 cm³/mol. The van der Waals surface area contributed by atoms with Crippen LogP contribution in [0.4, 0.5) is 10.2 Å². The number of rotatable bonds is 11. The molecule has 3 unspecified atom stereocenters. The van der Waals surface area contributed by atoms with Gasteiger partial charge in [-0.1, -0.05) is 0 Å². The van der Waals surface area contributed by atoms with Gasteiger partial charge in [-0.15, -0.1) is 0 Å². The Morgan fingerprint density at radius 3 is 2.61 bits per heavy atom. The van der Waals surface area contributed by atoms with Crippen molar-refractivity contribution in [1.29, 1.82) is 0 Å². The van der Waals surface area contributed by atoms with Crippen molar-refractivity contribution in [3.05, 3.63) is 23.1 Å². The zero-order valence-corrected chi connectivity index (χ0v) is 20.5. The van der Waals surface area contributed by atoms with Gasteiger partial charge in [0.25, 0.3) is 5.98 Å². The summed E-state index contributed by atoms with van der Waals surface area (Å²) in [6, 6.07) is 0. The summed E-state index contributed by atoms with van der Waals surface area (Å²) in [7, 11) is -16.9. The van der Waals surface area contributed by atoms with E-state index in [9.17, 15) is 27.9 Å². The van der Waals surface area contributed by atoms with Gasteiger partial charge in [-0.2, -0.15) is 8.62 Å².